The van der Waals surface area contributed by atoms with Gasteiger partial charge in [0.1, 0.15) is 0 Å². The van der Waals surface area contributed by atoms with Gasteiger partial charge in [0.25, 0.3) is 0 Å². The van der Waals surface area contributed by atoms with E-state index in [-0.39, 0.29) is 0 Å². The Balaban J connectivity index is 1.37. The van der Waals surface area contributed by atoms with Crippen LogP contribution in [-0.4, -0.2) is 0 Å². The second-order valence-corrected chi connectivity index (χ2v) is 16.5. The number of hydrogen-bond acceptors (Lipinski definition) is 0. The van der Waals surface area contributed by atoms with Crippen LogP contribution in [0.15, 0.2) is 0 Å². The van der Waals surface area contributed by atoms with E-state index in [9.17, 15) is 0 Å². The molecule has 0 fully saturated rings. The zero-order valence-corrected chi connectivity index (χ0v) is 22.1. The maximum Gasteiger partial charge on any atom is -0.000747 e. The van der Waals surface area contributed by atoms with Crippen molar-refractivity contribution in [3.05, 3.63) is 55.6 Å². The lowest BCUT2D eigenvalue weighted by atomic mass is 9.66. The van der Waals surface area contributed by atoms with Crippen molar-refractivity contribution < 1.29 is 0 Å². The molecule has 0 saturated carbocycles. The molecule has 0 nitrogen and oxygen atoms in total. The highest BCUT2D eigenvalue weighted by Gasteiger charge is 2.61. The molecule has 184 valence electrons. The fourth-order valence-electron chi connectivity index (χ4n) is 16.2. The van der Waals surface area contributed by atoms with E-state index in [2.05, 4.69) is 0 Å². The number of fused-ring (bicyclic) bond motifs is 5. The Hall–Kier alpha value is -2.60. The third-order valence-corrected chi connectivity index (χ3v) is 16.4. The van der Waals surface area contributed by atoms with Crippen LogP contribution in [0, 0.1) is 0 Å². The molecule has 10 aliphatic carbocycles. The van der Waals surface area contributed by atoms with E-state index in [0.717, 1.165) is 59.2 Å². The molecular weight excluding hydrogens is 468 g/mol. The van der Waals surface area contributed by atoms with Crippen LogP contribution in [0.25, 0.3) is 53.9 Å². The van der Waals surface area contributed by atoms with Crippen LogP contribution in [0.5, 0.6) is 0 Å². The second-order valence-electron chi connectivity index (χ2n) is 16.5. The maximum absolute atomic E-state index is 1.96. The molecule has 0 radical (unpaired) electrons. The molecule has 0 heterocycles. The molecule has 0 bridgehead atoms. The first-order valence-electron chi connectivity index (χ1n) is 16.9. The van der Waals surface area contributed by atoms with Gasteiger partial charge in [0, 0.05) is 0 Å². The van der Waals surface area contributed by atoms with Crippen LogP contribution in [0.2, 0.25) is 0 Å². The van der Waals surface area contributed by atoms with Gasteiger partial charge < -0.3 is 0 Å². The van der Waals surface area contributed by atoms with E-state index in [4.69, 9.17) is 0 Å². The summed E-state index contributed by atoms with van der Waals surface area (Å²) in [6.07, 6.45) is 13.4. The highest BCUT2D eigenvalue weighted by Crippen LogP contribution is 2.80. The van der Waals surface area contributed by atoms with E-state index in [1.165, 1.54) is 57.8 Å². The number of rotatable bonds is 0. The minimum atomic E-state index is 0.850. The minimum Gasteiger partial charge on any atom is -0.0451 e. The standard InChI is InChI=1S/C39H28/c1-3-12-14-5-7-16-18-9-19-17-8-6-15-13-4-2-11-10(1)20-22(12)31-24(14)26(16)33-28(18)29(19)34-27(17)25(15)32-23(13)21(11)30(20)35-36(31)38(33)39(34)37(32)35/h10-19H,1-9H2. The molecule has 6 aromatic carbocycles. The van der Waals surface area contributed by atoms with Crippen LogP contribution in [0.4, 0.5) is 0 Å². The molecule has 0 aromatic heterocycles. The quantitative estimate of drug-likeness (QED) is 0.184. The Morgan fingerprint density at radius 3 is 0.615 bits per heavy atom. The summed E-state index contributed by atoms with van der Waals surface area (Å²) in [7, 11) is 0. The van der Waals surface area contributed by atoms with Crippen molar-refractivity contribution in [3.63, 3.8) is 0 Å². The summed E-state index contributed by atoms with van der Waals surface area (Å²) in [5.41, 5.74) is 19.6. The second kappa shape index (κ2) is 4.51. The molecule has 0 aliphatic heterocycles. The molecule has 16 rings (SSSR count). The van der Waals surface area contributed by atoms with Crippen molar-refractivity contribution in [2.45, 2.75) is 117 Å². The molecule has 0 spiro atoms. The van der Waals surface area contributed by atoms with Crippen LogP contribution in [0.1, 0.15) is 173 Å². The SMILES string of the molecule is C1CC2c3c4c5c6c7c8c9c%10c%11c%12c%13c%14c%15c(c3c3c5c8c%11c%143)C2CCC%15C%13CC%12C%10CCC9C7CCC6C14. The lowest BCUT2D eigenvalue weighted by Crippen LogP contribution is -2.22. The van der Waals surface area contributed by atoms with Gasteiger partial charge >= 0.3 is 0 Å². The topological polar surface area (TPSA) is 0 Å². The zero-order valence-electron chi connectivity index (χ0n) is 22.1. The van der Waals surface area contributed by atoms with Crippen LogP contribution >= 0.6 is 0 Å². The van der Waals surface area contributed by atoms with Crippen LogP contribution < -0.4 is 0 Å². The molecule has 10 aliphatic rings. The average Bonchev–Trinajstić information content (AvgIpc) is 3.79. The van der Waals surface area contributed by atoms with E-state index in [0.29, 0.717) is 0 Å². The highest BCUT2D eigenvalue weighted by atomic mass is 14.6. The van der Waals surface area contributed by atoms with Crippen molar-refractivity contribution in [1.29, 1.82) is 0 Å². The summed E-state index contributed by atoms with van der Waals surface area (Å²) in [4.78, 5) is 0. The largest absolute Gasteiger partial charge is 0.0451 e. The van der Waals surface area contributed by atoms with Gasteiger partial charge in [0.05, 0.1) is 0 Å². The zero-order chi connectivity index (χ0) is 23.7. The molecule has 39 heavy (non-hydrogen) atoms. The van der Waals surface area contributed by atoms with Gasteiger partial charge in [-0.15, -0.1) is 0 Å². The van der Waals surface area contributed by atoms with Crippen LogP contribution in [0.3, 0.4) is 0 Å². The number of benzene rings is 5. The Labute approximate surface area is 226 Å². The smallest absolute Gasteiger partial charge is 0.000747 e. The molecule has 10 atom stereocenters. The minimum absolute atomic E-state index is 0.850. The highest BCUT2D eigenvalue weighted by molar-refractivity contribution is 6.49. The lowest BCUT2D eigenvalue weighted by Gasteiger charge is -2.37. The van der Waals surface area contributed by atoms with Gasteiger partial charge in [0.2, 0.25) is 0 Å². The summed E-state index contributed by atoms with van der Waals surface area (Å²) < 4.78 is 0. The molecule has 0 amide bonds. The van der Waals surface area contributed by atoms with Gasteiger partial charge in [0.15, 0.2) is 0 Å². The predicted octanol–water partition coefficient (Wildman–Crippen LogP) is 10.2. The summed E-state index contributed by atoms with van der Waals surface area (Å²) in [5, 5.41) is 18.6. The fourth-order valence-corrected chi connectivity index (χ4v) is 16.2. The normalized spacial score (nSPS) is 42.5. The van der Waals surface area contributed by atoms with Gasteiger partial charge in [-0.1, -0.05) is 0 Å². The first-order chi connectivity index (χ1) is 19.4. The van der Waals surface area contributed by atoms with Gasteiger partial charge in [-0.25, -0.2) is 0 Å². The monoisotopic (exact) mass is 496 g/mol. The number of hydrogen-bond donors (Lipinski definition) is 0. The molecular formula is C39H28. The summed E-state index contributed by atoms with van der Waals surface area (Å²) in [5.74, 6) is 8.55. The molecule has 6 aromatic rings. The third kappa shape index (κ3) is 1.20. The molecule has 0 heteroatoms. The summed E-state index contributed by atoms with van der Waals surface area (Å²) in [6, 6.07) is 0. The predicted molar refractivity (Wildman–Crippen MR) is 156 cm³/mol. The summed E-state index contributed by atoms with van der Waals surface area (Å²) >= 11 is 0. The van der Waals surface area contributed by atoms with Crippen molar-refractivity contribution in [2.75, 3.05) is 0 Å². The van der Waals surface area contributed by atoms with E-state index in [1.807, 2.05) is 109 Å². The molecule has 0 saturated heterocycles. The van der Waals surface area contributed by atoms with Crippen molar-refractivity contribution in [3.8, 4) is 0 Å². The molecule has 10 unspecified atom stereocenters. The lowest BCUT2D eigenvalue weighted by molar-refractivity contribution is 0.346. The molecule has 0 N–H and O–H groups in total. The van der Waals surface area contributed by atoms with Crippen molar-refractivity contribution in [2.24, 2.45) is 0 Å². The van der Waals surface area contributed by atoms with Gasteiger partial charge in [-0.2, -0.15) is 0 Å². The third-order valence-electron chi connectivity index (χ3n) is 16.4. The van der Waals surface area contributed by atoms with Gasteiger partial charge in [-0.05, 0) is 226 Å². The van der Waals surface area contributed by atoms with Crippen LogP contribution in [-0.2, 0) is 0 Å². The first kappa shape index (κ1) is 17.3. The van der Waals surface area contributed by atoms with Crippen molar-refractivity contribution >= 4 is 53.9 Å². The van der Waals surface area contributed by atoms with E-state index >= 15 is 0 Å². The average molecular weight is 497 g/mol. The van der Waals surface area contributed by atoms with E-state index < -0.39 is 0 Å². The van der Waals surface area contributed by atoms with E-state index in [1.54, 1.807) is 0 Å². The van der Waals surface area contributed by atoms with Gasteiger partial charge in [-0.3, -0.25) is 0 Å². The fraction of sp³-hybridized carbons (Fsp3) is 0.487. The Bertz CT molecular complexity index is 2190. The Kier molecular flexibility index (Phi) is 2.00. The summed E-state index contributed by atoms with van der Waals surface area (Å²) in [6.45, 7) is 0. The van der Waals surface area contributed by atoms with Crippen molar-refractivity contribution in [1.82, 2.24) is 0 Å². The Morgan fingerprint density at radius 1 is 0.205 bits per heavy atom. The Morgan fingerprint density at radius 2 is 0.385 bits per heavy atom. The first-order valence-corrected chi connectivity index (χ1v) is 16.9. The maximum atomic E-state index is 1.96.